The smallest absolute Gasteiger partial charge is 0.407 e. The zero-order valence-corrected chi connectivity index (χ0v) is 13.6. The van der Waals surface area contributed by atoms with Gasteiger partial charge < -0.3 is 10.1 Å². The molecular weight excluding hydrogens is 306 g/mol. The number of alkyl carbamates (subject to hydrolysis) is 1. The molecule has 1 atom stereocenters. The molecule has 0 radical (unpaired) electrons. The number of amides is 1. The first-order valence-corrected chi connectivity index (χ1v) is 7.55. The van der Waals surface area contributed by atoms with Crippen LogP contribution in [-0.4, -0.2) is 17.7 Å². The second-order valence-electron chi connectivity index (χ2n) is 5.70. The van der Waals surface area contributed by atoms with Gasteiger partial charge in [0.2, 0.25) is 0 Å². The Bertz CT molecular complexity index is 409. The minimum absolute atomic E-state index is 0.0460. The third kappa shape index (κ3) is 6.62. The second-order valence-corrected chi connectivity index (χ2v) is 6.26. The Morgan fingerprint density at radius 1 is 1.26 bits per heavy atom. The zero-order chi connectivity index (χ0) is 14.5. The van der Waals surface area contributed by atoms with E-state index in [1.54, 1.807) is 0 Å². The van der Waals surface area contributed by atoms with E-state index in [2.05, 4.69) is 45.5 Å². The topological polar surface area (TPSA) is 38.3 Å². The summed E-state index contributed by atoms with van der Waals surface area (Å²) in [5, 5.41) is 3.70. The lowest BCUT2D eigenvalue weighted by Crippen LogP contribution is -2.38. The van der Waals surface area contributed by atoms with Crippen molar-refractivity contribution in [2.45, 2.75) is 51.1 Å². The van der Waals surface area contributed by atoms with E-state index in [-0.39, 0.29) is 12.1 Å². The average Bonchev–Trinajstić information content (AvgIpc) is 2.27. The molecule has 3 nitrogen and oxygen atoms in total. The molecule has 0 fully saturated rings. The first-order chi connectivity index (χ1) is 8.80. The van der Waals surface area contributed by atoms with Crippen molar-refractivity contribution < 1.29 is 9.53 Å². The van der Waals surface area contributed by atoms with Crippen LogP contribution in [0.25, 0.3) is 0 Å². The molecule has 0 aliphatic heterocycles. The monoisotopic (exact) mass is 327 g/mol. The van der Waals surface area contributed by atoms with Gasteiger partial charge in [-0.05, 0) is 45.2 Å². The van der Waals surface area contributed by atoms with E-state index in [9.17, 15) is 4.79 Å². The molecule has 0 saturated heterocycles. The van der Waals surface area contributed by atoms with Crippen LogP contribution >= 0.6 is 15.9 Å². The van der Waals surface area contributed by atoms with E-state index < -0.39 is 5.60 Å². The fourth-order valence-electron chi connectivity index (χ4n) is 1.68. The van der Waals surface area contributed by atoms with Crippen molar-refractivity contribution in [1.82, 2.24) is 5.32 Å². The number of nitrogens with one attached hydrogen (secondary N) is 1. The van der Waals surface area contributed by atoms with Gasteiger partial charge in [0, 0.05) is 11.4 Å². The van der Waals surface area contributed by atoms with Gasteiger partial charge in [-0.2, -0.15) is 0 Å². The molecule has 0 aliphatic carbocycles. The first kappa shape index (κ1) is 16.0. The Kier molecular flexibility index (Phi) is 5.85. The van der Waals surface area contributed by atoms with Crippen molar-refractivity contribution in [3.63, 3.8) is 0 Å². The van der Waals surface area contributed by atoms with Gasteiger partial charge in [-0.25, -0.2) is 4.79 Å². The molecule has 4 heteroatoms. The highest BCUT2D eigenvalue weighted by Crippen LogP contribution is 2.11. The van der Waals surface area contributed by atoms with Crippen molar-refractivity contribution in [1.29, 1.82) is 0 Å². The van der Waals surface area contributed by atoms with Crippen LogP contribution in [0.15, 0.2) is 24.3 Å². The van der Waals surface area contributed by atoms with Gasteiger partial charge in [0.05, 0.1) is 0 Å². The van der Waals surface area contributed by atoms with Crippen LogP contribution < -0.4 is 5.32 Å². The highest BCUT2D eigenvalue weighted by Gasteiger charge is 2.17. The molecule has 0 heterocycles. The third-order valence-corrected chi connectivity index (χ3v) is 3.13. The highest BCUT2D eigenvalue weighted by molar-refractivity contribution is 9.08. The molecule has 1 aromatic rings. The largest absolute Gasteiger partial charge is 0.444 e. The van der Waals surface area contributed by atoms with Gasteiger partial charge >= 0.3 is 6.09 Å². The minimum Gasteiger partial charge on any atom is -0.444 e. The Hall–Kier alpha value is -1.03. The number of hydrogen-bond acceptors (Lipinski definition) is 2. The van der Waals surface area contributed by atoms with Gasteiger partial charge in [0.15, 0.2) is 0 Å². The fraction of sp³-hybridized carbons (Fsp3) is 0.533. The lowest BCUT2D eigenvalue weighted by atomic mass is 10.1. The van der Waals surface area contributed by atoms with E-state index >= 15 is 0 Å². The molecule has 1 unspecified atom stereocenters. The van der Waals surface area contributed by atoms with E-state index in [0.717, 1.165) is 11.8 Å². The van der Waals surface area contributed by atoms with Crippen LogP contribution in [-0.2, 0) is 16.5 Å². The summed E-state index contributed by atoms with van der Waals surface area (Å²) in [6.45, 7) is 7.55. The quantitative estimate of drug-likeness (QED) is 0.847. The van der Waals surface area contributed by atoms with Crippen LogP contribution in [0.2, 0.25) is 0 Å². The van der Waals surface area contributed by atoms with Crippen molar-refractivity contribution in [2.24, 2.45) is 0 Å². The predicted molar refractivity (Wildman–Crippen MR) is 81.6 cm³/mol. The second kappa shape index (κ2) is 6.94. The van der Waals surface area contributed by atoms with Crippen LogP contribution in [0, 0.1) is 0 Å². The number of halogens is 1. The molecule has 1 N–H and O–H groups in total. The Morgan fingerprint density at radius 3 is 2.26 bits per heavy atom. The highest BCUT2D eigenvalue weighted by atomic mass is 79.9. The minimum atomic E-state index is -0.457. The summed E-state index contributed by atoms with van der Waals surface area (Å²) < 4.78 is 5.23. The molecular formula is C15H22BrNO2. The first-order valence-electron chi connectivity index (χ1n) is 6.43. The molecule has 1 rings (SSSR count). The third-order valence-electron chi connectivity index (χ3n) is 2.48. The van der Waals surface area contributed by atoms with Crippen LogP contribution in [0.3, 0.4) is 0 Å². The normalized spacial score (nSPS) is 12.9. The number of alkyl halides is 1. The summed E-state index contributed by atoms with van der Waals surface area (Å²) in [4.78, 5) is 11.6. The summed E-state index contributed by atoms with van der Waals surface area (Å²) in [7, 11) is 0. The molecule has 0 saturated carbocycles. The number of hydrogen-bond donors (Lipinski definition) is 1. The van der Waals surface area contributed by atoms with Crippen molar-refractivity contribution in [3.8, 4) is 0 Å². The van der Waals surface area contributed by atoms with E-state index in [1.165, 1.54) is 11.1 Å². The van der Waals surface area contributed by atoms with Crippen molar-refractivity contribution in [3.05, 3.63) is 35.4 Å². The lowest BCUT2D eigenvalue weighted by molar-refractivity contribution is 0.0508. The number of benzene rings is 1. The molecule has 1 aromatic carbocycles. The number of rotatable bonds is 4. The molecule has 19 heavy (non-hydrogen) atoms. The fourth-order valence-corrected chi connectivity index (χ4v) is 2.05. The van der Waals surface area contributed by atoms with Gasteiger partial charge in [-0.15, -0.1) is 0 Å². The lowest BCUT2D eigenvalue weighted by Gasteiger charge is -2.22. The number of carbonyl (C=O) groups is 1. The number of carbonyl (C=O) groups excluding carboxylic acids is 1. The van der Waals surface area contributed by atoms with Crippen LogP contribution in [0.4, 0.5) is 4.79 Å². The van der Waals surface area contributed by atoms with Gasteiger partial charge in [-0.1, -0.05) is 40.2 Å². The number of ether oxygens (including phenoxy) is 1. The molecule has 0 aromatic heterocycles. The van der Waals surface area contributed by atoms with Gasteiger partial charge in [-0.3, -0.25) is 0 Å². The molecule has 106 valence electrons. The maximum atomic E-state index is 11.6. The SMILES string of the molecule is CC(Cc1ccc(CBr)cc1)NC(=O)OC(C)(C)C. The van der Waals surface area contributed by atoms with E-state index in [0.29, 0.717) is 0 Å². The van der Waals surface area contributed by atoms with E-state index in [1.807, 2.05) is 27.7 Å². The standard InChI is InChI=1S/C15H22BrNO2/c1-11(17-14(18)19-15(2,3)4)9-12-5-7-13(10-16)8-6-12/h5-8,11H,9-10H2,1-4H3,(H,17,18). The molecule has 0 bridgehead atoms. The molecule has 0 spiro atoms. The maximum Gasteiger partial charge on any atom is 0.407 e. The van der Waals surface area contributed by atoms with Crippen molar-refractivity contribution >= 4 is 22.0 Å². The Labute approximate surface area is 123 Å². The summed E-state index contributed by atoms with van der Waals surface area (Å²) >= 11 is 3.42. The Balaban J connectivity index is 2.46. The average molecular weight is 328 g/mol. The maximum absolute atomic E-state index is 11.6. The zero-order valence-electron chi connectivity index (χ0n) is 12.0. The van der Waals surface area contributed by atoms with Crippen molar-refractivity contribution in [2.75, 3.05) is 0 Å². The predicted octanol–water partition coefficient (Wildman–Crippen LogP) is 4.04. The summed E-state index contributed by atoms with van der Waals surface area (Å²) in [5.41, 5.74) is 1.99. The van der Waals surface area contributed by atoms with Gasteiger partial charge in [0.25, 0.3) is 0 Å². The van der Waals surface area contributed by atoms with Crippen LogP contribution in [0.5, 0.6) is 0 Å². The summed E-state index contributed by atoms with van der Waals surface area (Å²) in [5.74, 6) is 0. The molecule has 0 aliphatic rings. The molecule has 1 amide bonds. The van der Waals surface area contributed by atoms with Gasteiger partial charge in [0.1, 0.15) is 5.60 Å². The Morgan fingerprint density at radius 2 is 1.79 bits per heavy atom. The summed E-state index contributed by atoms with van der Waals surface area (Å²) in [6.07, 6.45) is 0.430. The summed E-state index contributed by atoms with van der Waals surface area (Å²) in [6, 6.07) is 8.40. The van der Waals surface area contributed by atoms with Crippen LogP contribution in [0.1, 0.15) is 38.8 Å². The van der Waals surface area contributed by atoms with E-state index in [4.69, 9.17) is 4.74 Å².